The molecule has 162 valence electrons. The number of carbonyl (C=O) groups is 2. The van der Waals surface area contributed by atoms with Crippen molar-refractivity contribution >= 4 is 27.5 Å². The Labute approximate surface area is 176 Å². The molecule has 7 nitrogen and oxygen atoms in total. The lowest BCUT2D eigenvalue weighted by atomic mass is 10.1. The minimum atomic E-state index is -4.08. The van der Waals surface area contributed by atoms with E-state index in [4.69, 9.17) is 0 Å². The van der Waals surface area contributed by atoms with Crippen molar-refractivity contribution in [3.8, 4) is 0 Å². The molecule has 0 fully saturated rings. The molecule has 0 saturated heterocycles. The second kappa shape index (κ2) is 9.82. The average molecular weight is 436 g/mol. The summed E-state index contributed by atoms with van der Waals surface area (Å²) in [6.07, 6.45) is 0. The zero-order valence-electron chi connectivity index (χ0n) is 17.4. The van der Waals surface area contributed by atoms with Gasteiger partial charge in [-0.2, -0.15) is 4.31 Å². The van der Waals surface area contributed by atoms with Crippen LogP contribution in [0.1, 0.15) is 48.4 Å². The smallest absolute Gasteiger partial charge is 0.255 e. The molecule has 0 aliphatic heterocycles. The summed E-state index contributed by atoms with van der Waals surface area (Å²) in [5.41, 5.74) is 0.483. The Hall–Kier alpha value is -2.78. The molecule has 2 aromatic rings. The highest BCUT2D eigenvalue weighted by Gasteiger charge is 2.26. The van der Waals surface area contributed by atoms with E-state index in [0.29, 0.717) is 0 Å². The van der Waals surface area contributed by atoms with Gasteiger partial charge in [0.25, 0.3) is 11.8 Å². The van der Waals surface area contributed by atoms with Gasteiger partial charge in [0.1, 0.15) is 10.7 Å². The standard InChI is InChI=1S/C21H26FN3O4S/c1-5-25(6-2)30(28,29)19-13-15(11-12-17(19)22)20(26)24-18-10-8-7-9-16(18)21(27)23-14(3)4/h7-14H,5-6H2,1-4H3,(H,23,27)(H,24,26). The molecule has 2 aromatic carbocycles. The summed E-state index contributed by atoms with van der Waals surface area (Å²) in [7, 11) is -4.08. The molecule has 0 aliphatic carbocycles. The summed E-state index contributed by atoms with van der Waals surface area (Å²) in [5.74, 6) is -1.95. The maximum absolute atomic E-state index is 14.3. The number of amides is 2. The van der Waals surface area contributed by atoms with Gasteiger partial charge >= 0.3 is 0 Å². The fraction of sp³-hybridized carbons (Fsp3) is 0.333. The molecule has 0 saturated carbocycles. The summed E-state index contributed by atoms with van der Waals surface area (Å²) in [4.78, 5) is 24.5. The number of benzene rings is 2. The monoisotopic (exact) mass is 435 g/mol. The largest absolute Gasteiger partial charge is 0.350 e. The lowest BCUT2D eigenvalue weighted by molar-refractivity contribution is 0.0944. The molecule has 2 N–H and O–H groups in total. The van der Waals surface area contributed by atoms with Gasteiger partial charge in [-0.25, -0.2) is 12.8 Å². The van der Waals surface area contributed by atoms with E-state index in [1.54, 1.807) is 38.1 Å². The van der Waals surface area contributed by atoms with Crippen LogP contribution in [0.15, 0.2) is 47.4 Å². The topological polar surface area (TPSA) is 95.6 Å². The van der Waals surface area contributed by atoms with E-state index in [1.165, 1.54) is 6.07 Å². The van der Waals surface area contributed by atoms with Crippen molar-refractivity contribution in [1.29, 1.82) is 0 Å². The van der Waals surface area contributed by atoms with E-state index in [0.717, 1.165) is 16.4 Å². The van der Waals surface area contributed by atoms with E-state index in [2.05, 4.69) is 10.6 Å². The number of nitrogens with one attached hydrogen (secondary N) is 2. The minimum absolute atomic E-state index is 0.0406. The molecule has 0 aliphatic rings. The second-order valence-corrected chi connectivity index (χ2v) is 8.77. The normalized spacial score (nSPS) is 11.6. The zero-order valence-corrected chi connectivity index (χ0v) is 18.2. The van der Waals surface area contributed by atoms with Crippen molar-refractivity contribution in [2.24, 2.45) is 0 Å². The van der Waals surface area contributed by atoms with Crippen molar-refractivity contribution in [3.63, 3.8) is 0 Å². The lowest BCUT2D eigenvalue weighted by Gasteiger charge is -2.19. The SMILES string of the molecule is CCN(CC)S(=O)(=O)c1cc(C(=O)Nc2ccccc2C(=O)NC(C)C)ccc1F. The van der Waals surface area contributed by atoms with Crippen LogP contribution in [0.4, 0.5) is 10.1 Å². The highest BCUT2D eigenvalue weighted by atomic mass is 32.2. The van der Waals surface area contributed by atoms with Crippen LogP contribution >= 0.6 is 0 Å². The number of nitrogens with zero attached hydrogens (tertiary/aromatic N) is 1. The third-order valence-corrected chi connectivity index (χ3v) is 6.42. The Morgan fingerprint density at radius 1 is 1.03 bits per heavy atom. The molecule has 0 heterocycles. The van der Waals surface area contributed by atoms with Gasteiger partial charge in [-0.3, -0.25) is 9.59 Å². The van der Waals surface area contributed by atoms with E-state index >= 15 is 0 Å². The van der Waals surface area contributed by atoms with E-state index < -0.39 is 26.6 Å². The number of hydrogen-bond acceptors (Lipinski definition) is 4. The van der Waals surface area contributed by atoms with E-state index in [1.807, 2.05) is 13.8 Å². The van der Waals surface area contributed by atoms with Crippen molar-refractivity contribution < 1.29 is 22.4 Å². The number of sulfonamides is 1. The van der Waals surface area contributed by atoms with Crippen LogP contribution in [-0.2, 0) is 10.0 Å². The molecule has 0 unspecified atom stereocenters. The minimum Gasteiger partial charge on any atom is -0.350 e. The highest BCUT2D eigenvalue weighted by molar-refractivity contribution is 7.89. The number of anilines is 1. The Bertz CT molecular complexity index is 1030. The quantitative estimate of drug-likeness (QED) is 0.665. The summed E-state index contributed by atoms with van der Waals surface area (Å²) in [6, 6.07) is 9.50. The fourth-order valence-corrected chi connectivity index (χ4v) is 4.42. The van der Waals surface area contributed by atoms with Crippen LogP contribution in [0.5, 0.6) is 0 Å². The van der Waals surface area contributed by atoms with Crippen molar-refractivity contribution in [2.45, 2.75) is 38.6 Å². The first-order valence-corrected chi connectivity index (χ1v) is 11.1. The summed E-state index contributed by atoms with van der Waals surface area (Å²) in [6.45, 7) is 7.27. The van der Waals surface area contributed by atoms with Crippen LogP contribution < -0.4 is 10.6 Å². The molecule has 30 heavy (non-hydrogen) atoms. The predicted molar refractivity (Wildman–Crippen MR) is 114 cm³/mol. The Balaban J connectivity index is 2.37. The third-order valence-electron chi connectivity index (χ3n) is 4.36. The van der Waals surface area contributed by atoms with Crippen LogP contribution in [0, 0.1) is 5.82 Å². The summed E-state index contributed by atoms with van der Waals surface area (Å²) in [5, 5.41) is 5.36. The fourth-order valence-electron chi connectivity index (χ4n) is 2.87. The molecule has 0 aromatic heterocycles. The molecular weight excluding hydrogens is 409 g/mol. The van der Waals surface area contributed by atoms with Gasteiger partial charge in [0, 0.05) is 24.7 Å². The predicted octanol–water partition coefficient (Wildman–Crippen LogP) is 3.25. The second-order valence-electron chi connectivity index (χ2n) is 6.86. The van der Waals surface area contributed by atoms with Gasteiger partial charge in [-0.05, 0) is 44.2 Å². The van der Waals surface area contributed by atoms with E-state index in [9.17, 15) is 22.4 Å². The average Bonchev–Trinajstić information content (AvgIpc) is 2.68. The van der Waals surface area contributed by atoms with Gasteiger partial charge in [-0.15, -0.1) is 0 Å². The van der Waals surface area contributed by atoms with Crippen molar-refractivity contribution in [2.75, 3.05) is 18.4 Å². The highest BCUT2D eigenvalue weighted by Crippen LogP contribution is 2.22. The lowest BCUT2D eigenvalue weighted by Crippen LogP contribution is -2.31. The summed E-state index contributed by atoms with van der Waals surface area (Å²) < 4.78 is 40.8. The Kier molecular flexibility index (Phi) is 7.69. The maximum Gasteiger partial charge on any atom is 0.255 e. The Morgan fingerprint density at radius 2 is 1.67 bits per heavy atom. The van der Waals surface area contributed by atoms with Crippen LogP contribution in [0.2, 0.25) is 0 Å². The first kappa shape index (κ1) is 23.5. The molecule has 0 spiro atoms. The molecule has 0 radical (unpaired) electrons. The molecular formula is C21H26FN3O4S. The number of para-hydroxylation sites is 1. The molecule has 2 rings (SSSR count). The van der Waals surface area contributed by atoms with Crippen LogP contribution in [-0.4, -0.2) is 43.7 Å². The summed E-state index contributed by atoms with van der Waals surface area (Å²) >= 11 is 0. The van der Waals surface area contributed by atoms with E-state index in [-0.39, 0.29) is 41.9 Å². The number of carbonyl (C=O) groups excluding carboxylic acids is 2. The number of halogens is 1. The van der Waals surface area contributed by atoms with Gasteiger partial charge in [0.05, 0.1) is 11.3 Å². The number of rotatable bonds is 8. The molecule has 0 atom stereocenters. The van der Waals surface area contributed by atoms with Crippen LogP contribution in [0.3, 0.4) is 0 Å². The first-order chi connectivity index (χ1) is 14.1. The first-order valence-electron chi connectivity index (χ1n) is 9.62. The van der Waals surface area contributed by atoms with Gasteiger partial charge in [0.15, 0.2) is 0 Å². The Morgan fingerprint density at radius 3 is 2.27 bits per heavy atom. The third kappa shape index (κ3) is 5.22. The van der Waals surface area contributed by atoms with Gasteiger partial charge < -0.3 is 10.6 Å². The van der Waals surface area contributed by atoms with Crippen LogP contribution in [0.25, 0.3) is 0 Å². The van der Waals surface area contributed by atoms with Crippen molar-refractivity contribution in [1.82, 2.24) is 9.62 Å². The molecule has 2 amide bonds. The molecule has 0 bridgehead atoms. The maximum atomic E-state index is 14.3. The van der Waals surface area contributed by atoms with Gasteiger partial charge in [-0.1, -0.05) is 26.0 Å². The zero-order chi connectivity index (χ0) is 22.5. The molecule has 9 heteroatoms. The van der Waals surface area contributed by atoms with Crippen molar-refractivity contribution in [3.05, 3.63) is 59.4 Å². The number of hydrogen-bond donors (Lipinski definition) is 2. The van der Waals surface area contributed by atoms with Gasteiger partial charge in [0.2, 0.25) is 10.0 Å².